The summed E-state index contributed by atoms with van der Waals surface area (Å²) in [6, 6.07) is 0. The molecule has 0 aliphatic carbocycles. The minimum absolute atomic E-state index is 0.236. The van der Waals surface area contributed by atoms with Crippen molar-refractivity contribution < 1.29 is 12.7 Å². The third-order valence-electron chi connectivity index (χ3n) is 0.708. The standard InChI is InChI=1S/C3H7Cl2O3P/c1-2-3-9(6,7-4)8-5/h2-3H2,1H3. The molecule has 0 heterocycles. The van der Waals surface area contributed by atoms with Gasteiger partial charge >= 0.3 is 7.60 Å². The molecule has 0 radical (unpaired) electrons. The molecule has 0 atom stereocenters. The normalized spacial score (nSPS) is 11.9. The van der Waals surface area contributed by atoms with Gasteiger partial charge in [-0.3, -0.25) is 4.57 Å². The highest BCUT2D eigenvalue weighted by Crippen LogP contribution is 2.50. The van der Waals surface area contributed by atoms with E-state index in [1.165, 1.54) is 0 Å². The molecule has 0 aromatic rings. The Labute approximate surface area is 64.1 Å². The minimum Gasteiger partial charge on any atom is -0.257 e. The first-order valence-electron chi connectivity index (χ1n) is 2.38. The molecule has 0 bridgehead atoms. The molecule has 0 saturated carbocycles. The molecule has 0 aliphatic heterocycles. The summed E-state index contributed by atoms with van der Waals surface area (Å²) in [4.78, 5) is 0. The van der Waals surface area contributed by atoms with Crippen LogP contribution < -0.4 is 0 Å². The largest absolute Gasteiger partial charge is 0.363 e. The summed E-state index contributed by atoms with van der Waals surface area (Å²) >= 11 is 9.63. The lowest BCUT2D eigenvalue weighted by Crippen LogP contribution is -1.86. The summed E-state index contributed by atoms with van der Waals surface area (Å²) in [5.41, 5.74) is 0. The lowest BCUT2D eigenvalue weighted by Gasteiger charge is -2.05. The van der Waals surface area contributed by atoms with Gasteiger partial charge in [-0.25, -0.2) is 0 Å². The molecule has 0 fully saturated rings. The lowest BCUT2D eigenvalue weighted by atomic mass is 10.6. The zero-order valence-electron chi connectivity index (χ0n) is 4.84. The summed E-state index contributed by atoms with van der Waals surface area (Å²) in [7, 11) is -3.15. The van der Waals surface area contributed by atoms with Gasteiger partial charge in [-0.05, 0) is 6.42 Å². The van der Waals surface area contributed by atoms with Gasteiger partial charge in [-0.2, -0.15) is 8.15 Å². The van der Waals surface area contributed by atoms with Crippen molar-refractivity contribution in [3.8, 4) is 0 Å². The molecule has 0 aliphatic rings. The van der Waals surface area contributed by atoms with Crippen LogP contribution in [0.5, 0.6) is 0 Å². The Morgan fingerprint density at radius 3 is 2.00 bits per heavy atom. The van der Waals surface area contributed by atoms with E-state index >= 15 is 0 Å². The predicted molar refractivity (Wildman–Crippen MR) is 36.6 cm³/mol. The van der Waals surface area contributed by atoms with Crippen LogP contribution in [0.2, 0.25) is 0 Å². The minimum atomic E-state index is -3.15. The number of rotatable bonds is 4. The van der Waals surface area contributed by atoms with Gasteiger partial charge in [0, 0.05) is 0 Å². The van der Waals surface area contributed by atoms with E-state index in [4.69, 9.17) is 23.7 Å². The third-order valence-corrected chi connectivity index (χ3v) is 3.38. The van der Waals surface area contributed by atoms with Crippen LogP contribution >= 0.6 is 31.3 Å². The first kappa shape index (κ1) is 9.73. The lowest BCUT2D eigenvalue weighted by molar-refractivity contribution is 0.415. The molecule has 0 rings (SSSR count). The van der Waals surface area contributed by atoms with E-state index in [0.29, 0.717) is 6.42 Å². The highest BCUT2D eigenvalue weighted by Gasteiger charge is 2.22. The third kappa shape index (κ3) is 3.43. The predicted octanol–water partition coefficient (Wildman–Crippen LogP) is 2.93. The summed E-state index contributed by atoms with van der Waals surface area (Å²) in [6.07, 6.45) is 0.886. The van der Waals surface area contributed by atoms with E-state index in [9.17, 15) is 4.57 Å². The van der Waals surface area contributed by atoms with Crippen molar-refractivity contribution in [3.63, 3.8) is 0 Å². The van der Waals surface area contributed by atoms with Gasteiger partial charge in [0.2, 0.25) is 0 Å². The molecule has 0 N–H and O–H groups in total. The molecule has 6 heteroatoms. The average Bonchev–Trinajstić information content (AvgIpc) is 1.89. The Bertz CT molecular complexity index is 110. The SMILES string of the molecule is CCCP(=O)(OCl)OCl. The highest BCUT2D eigenvalue weighted by molar-refractivity contribution is 7.55. The molecule has 0 aromatic heterocycles. The second kappa shape index (κ2) is 4.53. The molecular weight excluding hydrogens is 186 g/mol. The van der Waals surface area contributed by atoms with Crippen LogP contribution in [0.1, 0.15) is 13.3 Å². The van der Waals surface area contributed by atoms with Gasteiger partial charge in [-0.15, -0.1) is 0 Å². The Hall–Kier alpha value is 0.730. The van der Waals surface area contributed by atoms with Crippen LogP contribution in [0.25, 0.3) is 0 Å². The average molecular weight is 193 g/mol. The number of hydrogen-bond acceptors (Lipinski definition) is 3. The van der Waals surface area contributed by atoms with Crippen LogP contribution in [-0.2, 0) is 12.7 Å². The van der Waals surface area contributed by atoms with E-state index < -0.39 is 7.60 Å². The van der Waals surface area contributed by atoms with Crippen LogP contribution in [0.3, 0.4) is 0 Å². The first-order chi connectivity index (χ1) is 4.18. The maximum atomic E-state index is 10.8. The van der Waals surface area contributed by atoms with Gasteiger partial charge < -0.3 is 0 Å². The van der Waals surface area contributed by atoms with Crippen LogP contribution in [-0.4, -0.2) is 6.16 Å². The molecule has 0 amide bonds. The van der Waals surface area contributed by atoms with E-state index in [-0.39, 0.29) is 6.16 Å². The Kier molecular flexibility index (Phi) is 4.90. The van der Waals surface area contributed by atoms with Crippen LogP contribution in [0, 0.1) is 0 Å². The summed E-state index contributed by atoms with van der Waals surface area (Å²) in [5, 5.41) is 0. The molecule has 0 aromatic carbocycles. The quantitative estimate of drug-likeness (QED) is 0.643. The Morgan fingerprint density at radius 1 is 1.44 bits per heavy atom. The van der Waals surface area contributed by atoms with Crippen molar-refractivity contribution in [1.29, 1.82) is 0 Å². The Balaban J connectivity index is 3.78. The molecule has 0 spiro atoms. The van der Waals surface area contributed by atoms with E-state index in [1.807, 2.05) is 6.92 Å². The monoisotopic (exact) mass is 192 g/mol. The smallest absolute Gasteiger partial charge is 0.257 e. The molecular formula is C3H7Cl2O3P. The van der Waals surface area contributed by atoms with Crippen LogP contribution in [0.15, 0.2) is 0 Å². The highest BCUT2D eigenvalue weighted by atomic mass is 35.5. The van der Waals surface area contributed by atoms with Crippen molar-refractivity contribution in [2.24, 2.45) is 0 Å². The molecule has 9 heavy (non-hydrogen) atoms. The molecule has 3 nitrogen and oxygen atoms in total. The fourth-order valence-corrected chi connectivity index (χ4v) is 1.73. The van der Waals surface area contributed by atoms with Crippen molar-refractivity contribution in [2.75, 3.05) is 6.16 Å². The summed E-state index contributed by atoms with van der Waals surface area (Å²) in [6.45, 7) is 1.82. The summed E-state index contributed by atoms with van der Waals surface area (Å²) in [5.74, 6) is 0. The van der Waals surface area contributed by atoms with E-state index in [1.54, 1.807) is 0 Å². The van der Waals surface area contributed by atoms with Crippen molar-refractivity contribution in [1.82, 2.24) is 0 Å². The number of hydrogen-bond donors (Lipinski definition) is 0. The van der Waals surface area contributed by atoms with Gasteiger partial charge in [0.25, 0.3) is 0 Å². The van der Waals surface area contributed by atoms with Crippen LogP contribution in [0.4, 0.5) is 0 Å². The van der Waals surface area contributed by atoms with Crippen molar-refractivity contribution in [3.05, 3.63) is 0 Å². The molecule has 0 saturated heterocycles. The zero-order valence-corrected chi connectivity index (χ0v) is 7.25. The van der Waals surface area contributed by atoms with Gasteiger partial charge in [0.05, 0.1) is 29.9 Å². The fourth-order valence-electron chi connectivity index (χ4n) is 0.354. The maximum absolute atomic E-state index is 10.8. The zero-order chi connectivity index (χ0) is 7.33. The van der Waals surface area contributed by atoms with E-state index in [2.05, 4.69) is 8.15 Å². The molecule has 56 valence electrons. The topological polar surface area (TPSA) is 35.5 Å². The van der Waals surface area contributed by atoms with Crippen molar-refractivity contribution in [2.45, 2.75) is 13.3 Å². The van der Waals surface area contributed by atoms with Gasteiger partial charge in [0.1, 0.15) is 0 Å². The molecule has 0 unspecified atom stereocenters. The number of halogens is 2. The fraction of sp³-hybridized carbons (Fsp3) is 1.00. The second-order valence-corrected chi connectivity index (χ2v) is 4.25. The van der Waals surface area contributed by atoms with Gasteiger partial charge in [0.15, 0.2) is 0 Å². The van der Waals surface area contributed by atoms with Gasteiger partial charge in [-0.1, -0.05) is 6.92 Å². The summed E-state index contributed by atoms with van der Waals surface area (Å²) < 4.78 is 18.8. The first-order valence-corrected chi connectivity index (χ1v) is 4.72. The second-order valence-electron chi connectivity index (χ2n) is 1.47. The van der Waals surface area contributed by atoms with Crippen molar-refractivity contribution >= 4 is 31.3 Å². The maximum Gasteiger partial charge on any atom is 0.363 e. The van der Waals surface area contributed by atoms with E-state index in [0.717, 1.165) is 0 Å². The Morgan fingerprint density at radius 2 is 1.89 bits per heavy atom.